The van der Waals surface area contributed by atoms with Crippen molar-refractivity contribution >= 4 is 11.3 Å². The van der Waals surface area contributed by atoms with Crippen molar-refractivity contribution in [2.45, 2.75) is 13.0 Å². The molecule has 0 amide bonds. The molecule has 0 aliphatic rings. The van der Waals surface area contributed by atoms with E-state index in [0.29, 0.717) is 0 Å². The predicted octanol–water partition coefficient (Wildman–Crippen LogP) is 2.53. The lowest BCUT2D eigenvalue weighted by Gasteiger charge is -2.10. The Bertz CT molecular complexity index is 411. The molecule has 0 saturated carbocycles. The van der Waals surface area contributed by atoms with Crippen molar-refractivity contribution in [3.8, 4) is 0 Å². The predicted molar refractivity (Wildman–Crippen MR) is 57.4 cm³/mol. The Balaban J connectivity index is 2.37. The molecule has 1 atom stereocenters. The number of aliphatic hydroxyl groups is 1. The molecule has 0 aliphatic heterocycles. The Labute approximate surface area is 86.9 Å². The van der Waals surface area contributed by atoms with Gasteiger partial charge in [0.05, 0.1) is 0 Å². The highest BCUT2D eigenvalue weighted by molar-refractivity contribution is 7.09. The average Bonchev–Trinajstić information content (AvgIpc) is 2.70. The van der Waals surface area contributed by atoms with Gasteiger partial charge in [0.25, 0.3) is 0 Å². The molecule has 1 aromatic carbocycles. The molecule has 72 valence electrons. The molecule has 0 radical (unpaired) electrons. The Morgan fingerprint density at radius 2 is 2.14 bits per heavy atom. The van der Waals surface area contributed by atoms with Crippen molar-refractivity contribution in [1.82, 2.24) is 4.98 Å². The van der Waals surface area contributed by atoms with Crippen LogP contribution in [-0.2, 0) is 0 Å². The Morgan fingerprint density at radius 1 is 1.36 bits per heavy atom. The molecule has 0 fully saturated rings. The van der Waals surface area contributed by atoms with Crippen LogP contribution in [0.5, 0.6) is 0 Å². The second-order valence-electron chi connectivity index (χ2n) is 3.13. The number of aromatic nitrogens is 1. The smallest absolute Gasteiger partial charge is 0.131 e. The summed E-state index contributed by atoms with van der Waals surface area (Å²) in [5.74, 6) is 0. The van der Waals surface area contributed by atoms with Crippen molar-refractivity contribution in [3.05, 3.63) is 52.0 Å². The second kappa shape index (κ2) is 3.90. The SMILES string of the molecule is Cc1ccccc1C(O)c1nccs1. The van der Waals surface area contributed by atoms with Gasteiger partial charge in [-0.1, -0.05) is 24.3 Å². The first-order valence-corrected chi connectivity index (χ1v) is 5.30. The minimum Gasteiger partial charge on any atom is -0.381 e. The van der Waals surface area contributed by atoms with Crippen LogP contribution < -0.4 is 0 Å². The van der Waals surface area contributed by atoms with Gasteiger partial charge in [0.1, 0.15) is 11.1 Å². The lowest BCUT2D eigenvalue weighted by atomic mass is 10.0. The van der Waals surface area contributed by atoms with E-state index in [4.69, 9.17) is 0 Å². The quantitative estimate of drug-likeness (QED) is 0.817. The van der Waals surface area contributed by atoms with Crippen molar-refractivity contribution in [2.24, 2.45) is 0 Å². The zero-order valence-electron chi connectivity index (χ0n) is 7.84. The fraction of sp³-hybridized carbons (Fsp3) is 0.182. The standard InChI is InChI=1S/C11H11NOS/c1-8-4-2-3-5-9(8)10(13)11-12-6-7-14-11/h2-7,10,13H,1H3. The number of hydrogen-bond donors (Lipinski definition) is 1. The Hall–Kier alpha value is -1.19. The molecule has 0 bridgehead atoms. The third-order valence-electron chi connectivity index (χ3n) is 2.17. The summed E-state index contributed by atoms with van der Waals surface area (Å²) in [4.78, 5) is 4.10. The molecule has 2 nitrogen and oxygen atoms in total. The van der Waals surface area contributed by atoms with Gasteiger partial charge in [-0.15, -0.1) is 11.3 Å². The van der Waals surface area contributed by atoms with Gasteiger partial charge < -0.3 is 5.11 Å². The average molecular weight is 205 g/mol. The third kappa shape index (κ3) is 1.69. The number of thiazole rings is 1. The van der Waals surface area contributed by atoms with Gasteiger partial charge >= 0.3 is 0 Å². The molecule has 0 aliphatic carbocycles. The molecule has 0 spiro atoms. The summed E-state index contributed by atoms with van der Waals surface area (Å²) in [5.41, 5.74) is 2.03. The fourth-order valence-electron chi connectivity index (χ4n) is 1.40. The van der Waals surface area contributed by atoms with Crippen molar-refractivity contribution in [3.63, 3.8) is 0 Å². The number of aryl methyl sites for hydroxylation is 1. The van der Waals surface area contributed by atoms with Gasteiger partial charge in [0, 0.05) is 11.6 Å². The molecule has 1 heterocycles. The number of aliphatic hydroxyl groups excluding tert-OH is 1. The van der Waals surface area contributed by atoms with E-state index in [0.717, 1.165) is 16.1 Å². The van der Waals surface area contributed by atoms with E-state index >= 15 is 0 Å². The monoisotopic (exact) mass is 205 g/mol. The van der Waals surface area contributed by atoms with Crippen LogP contribution in [0.15, 0.2) is 35.8 Å². The van der Waals surface area contributed by atoms with Crippen LogP contribution in [-0.4, -0.2) is 10.1 Å². The Kier molecular flexibility index (Phi) is 2.61. The molecule has 3 heteroatoms. The first-order valence-electron chi connectivity index (χ1n) is 4.42. The molecule has 1 unspecified atom stereocenters. The highest BCUT2D eigenvalue weighted by atomic mass is 32.1. The summed E-state index contributed by atoms with van der Waals surface area (Å²) in [7, 11) is 0. The largest absolute Gasteiger partial charge is 0.381 e. The van der Waals surface area contributed by atoms with E-state index in [1.54, 1.807) is 6.20 Å². The number of rotatable bonds is 2. The first kappa shape index (κ1) is 9.37. The van der Waals surface area contributed by atoms with Crippen LogP contribution in [0.1, 0.15) is 22.2 Å². The number of nitrogens with zero attached hydrogens (tertiary/aromatic N) is 1. The lowest BCUT2D eigenvalue weighted by Crippen LogP contribution is -2.00. The summed E-state index contributed by atoms with van der Waals surface area (Å²) < 4.78 is 0. The third-order valence-corrected chi connectivity index (χ3v) is 3.00. The second-order valence-corrected chi connectivity index (χ2v) is 4.06. The van der Waals surface area contributed by atoms with Crippen LogP contribution in [0, 0.1) is 6.92 Å². The van der Waals surface area contributed by atoms with Crippen LogP contribution in [0.4, 0.5) is 0 Å². The topological polar surface area (TPSA) is 33.1 Å². The molecule has 14 heavy (non-hydrogen) atoms. The van der Waals surface area contributed by atoms with Crippen LogP contribution in [0.3, 0.4) is 0 Å². The highest BCUT2D eigenvalue weighted by Gasteiger charge is 2.13. The lowest BCUT2D eigenvalue weighted by molar-refractivity contribution is 0.219. The highest BCUT2D eigenvalue weighted by Crippen LogP contribution is 2.25. The van der Waals surface area contributed by atoms with Crippen molar-refractivity contribution in [1.29, 1.82) is 0 Å². The summed E-state index contributed by atoms with van der Waals surface area (Å²) in [5, 5.41) is 12.6. The van der Waals surface area contributed by atoms with E-state index in [1.807, 2.05) is 36.6 Å². The van der Waals surface area contributed by atoms with E-state index in [9.17, 15) is 5.11 Å². The normalized spacial score (nSPS) is 12.7. The summed E-state index contributed by atoms with van der Waals surface area (Å²) in [6, 6.07) is 7.82. The first-order chi connectivity index (χ1) is 6.79. The van der Waals surface area contributed by atoms with Gasteiger partial charge in [-0.25, -0.2) is 4.98 Å². The molecular weight excluding hydrogens is 194 g/mol. The zero-order valence-corrected chi connectivity index (χ0v) is 8.66. The molecule has 1 N–H and O–H groups in total. The van der Waals surface area contributed by atoms with Gasteiger partial charge in [0.2, 0.25) is 0 Å². The van der Waals surface area contributed by atoms with Gasteiger partial charge in [-0.05, 0) is 18.1 Å². The maximum absolute atomic E-state index is 10.0. The molecule has 1 aromatic heterocycles. The van der Waals surface area contributed by atoms with Crippen LogP contribution >= 0.6 is 11.3 Å². The summed E-state index contributed by atoms with van der Waals surface area (Å²) in [6.07, 6.45) is 1.12. The van der Waals surface area contributed by atoms with E-state index < -0.39 is 6.10 Å². The zero-order chi connectivity index (χ0) is 9.97. The minimum absolute atomic E-state index is 0.587. The van der Waals surface area contributed by atoms with Gasteiger partial charge in [-0.3, -0.25) is 0 Å². The van der Waals surface area contributed by atoms with E-state index in [2.05, 4.69) is 4.98 Å². The summed E-state index contributed by atoms with van der Waals surface area (Å²) in [6.45, 7) is 1.99. The van der Waals surface area contributed by atoms with Crippen molar-refractivity contribution < 1.29 is 5.11 Å². The molecule has 0 saturated heterocycles. The molecule has 2 aromatic rings. The maximum atomic E-state index is 10.0. The van der Waals surface area contributed by atoms with Gasteiger partial charge in [0.15, 0.2) is 0 Å². The van der Waals surface area contributed by atoms with Gasteiger partial charge in [-0.2, -0.15) is 0 Å². The number of benzene rings is 1. The molecular formula is C11H11NOS. The maximum Gasteiger partial charge on any atom is 0.131 e. The minimum atomic E-state index is -0.587. The van der Waals surface area contributed by atoms with Crippen LogP contribution in [0.25, 0.3) is 0 Å². The fourth-order valence-corrected chi connectivity index (χ4v) is 2.03. The van der Waals surface area contributed by atoms with E-state index in [1.165, 1.54) is 11.3 Å². The van der Waals surface area contributed by atoms with Crippen molar-refractivity contribution in [2.75, 3.05) is 0 Å². The summed E-state index contributed by atoms with van der Waals surface area (Å²) >= 11 is 1.47. The Morgan fingerprint density at radius 3 is 2.79 bits per heavy atom. The number of hydrogen-bond acceptors (Lipinski definition) is 3. The van der Waals surface area contributed by atoms with E-state index in [-0.39, 0.29) is 0 Å². The van der Waals surface area contributed by atoms with Crippen LogP contribution in [0.2, 0.25) is 0 Å². The molecule has 2 rings (SSSR count).